The third kappa shape index (κ3) is 4.93. The number of carboxylic acid groups (broad SMARTS) is 1. The van der Waals surface area contributed by atoms with Crippen LogP contribution in [0, 0.1) is 6.92 Å². The van der Waals surface area contributed by atoms with Gasteiger partial charge in [-0.15, -0.1) is 11.3 Å². The molecule has 0 unspecified atom stereocenters. The summed E-state index contributed by atoms with van der Waals surface area (Å²) in [5.74, 6) is -0.950. The minimum Gasteiger partial charge on any atom is -0.481 e. The molecule has 88 valence electrons. The van der Waals surface area contributed by atoms with Gasteiger partial charge in [0.25, 0.3) is 0 Å². The van der Waals surface area contributed by atoms with Gasteiger partial charge in [-0.2, -0.15) is 0 Å². The molecule has 2 N–H and O–H groups in total. The second-order valence-corrected chi connectivity index (χ2v) is 4.91. The highest BCUT2D eigenvalue weighted by atomic mass is 32.1. The van der Waals surface area contributed by atoms with E-state index < -0.39 is 5.97 Å². The van der Waals surface area contributed by atoms with E-state index in [-0.39, 0.29) is 18.7 Å². The molecule has 1 aromatic rings. The van der Waals surface area contributed by atoms with Crippen molar-refractivity contribution in [3.8, 4) is 0 Å². The van der Waals surface area contributed by atoms with Crippen LogP contribution < -0.4 is 5.32 Å². The van der Waals surface area contributed by atoms with Gasteiger partial charge in [0.1, 0.15) is 0 Å². The van der Waals surface area contributed by atoms with Gasteiger partial charge in [-0.25, -0.2) is 0 Å². The van der Waals surface area contributed by atoms with E-state index in [1.54, 1.807) is 11.3 Å². The van der Waals surface area contributed by atoms with Crippen LogP contribution in [0.5, 0.6) is 0 Å². The van der Waals surface area contributed by atoms with Crippen LogP contribution in [-0.4, -0.2) is 17.0 Å². The third-order valence-corrected chi connectivity index (χ3v) is 3.05. The van der Waals surface area contributed by atoms with Crippen molar-refractivity contribution in [2.45, 2.75) is 32.7 Å². The van der Waals surface area contributed by atoms with Crippen molar-refractivity contribution in [2.24, 2.45) is 0 Å². The minimum absolute atomic E-state index is 0.0472. The molecular weight excluding hydrogens is 226 g/mol. The summed E-state index contributed by atoms with van der Waals surface area (Å²) in [6.45, 7) is 2.55. The maximum Gasteiger partial charge on any atom is 0.303 e. The number of carboxylic acids is 1. The van der Waals surface area contributed by atoms with Crippen molar-refractivity contribution in [3.63, 3.8) is 0 Å². The number of hydrogen-bond acceptors (Lipinski definition) is 3. The lowest BCUT2D eigenvalue weighted by atomic mass is 10.2. The zero-order valence-corrected chi connectivity index (χ0v) is 9.97. The van der Waals surface area contributed by atoms with Crippen LogP contribution in [0.4, 0.5) is 0 Å². The maximum atomic E-state index is 11.3. The molecule has 0 atom stereocenters. The molecule has 0 aromatic carbocycles. The van der Waals surface area contributed by atoms with Gasteiger partial charge in [-0.1, -0.05) is 0 Å². The van der Waals surface area contributed by atoms with Gasteiger partial charge in [-0.05, 0) is 25.5 Å². The minimum atomic E-state index is -0.860. The molecule has 1 rings (SSSR count). The monoisotopic (exact) mass is 241 g/mol. The molecule has 0 spiro atoms. The average Bonchev–Trinajstić information content (AvgIpc) is 2.61. The van der Waals surface area contributed by atoms with Gasteiger partial charge >= 0.3 is 5.97 Å². The summed E-state index contributed by atoms with van der Waals surface area (Å²) in [7, 11) is 0. The lowest BCUT2D eigenvalue weighted by molar-refractivity contribution is -0.137. The smallest absolute Gasteiger partial charge is 0.303 e. The standard InChI is InChI=1S/C11H15NO3S/c1-8-5-6-9(16-8)7-12-10(13)3-2-4-11(14)15/h5-6H,2-4,7H2,1H3,(H,12,13)(H,14,15). The van der Waals surface area contributed by atoms with Gasteiger partial charge < -0.3 is 10.4 Å². The fraction of sp³-hybridized carbons (Fsp3) is 0.455. The molecule has 0 aliphatic heterocycles. The molecule has 0 saturated carbocycles. The molecule has 0 bridgehead atoms. The Bertz CT molecular complexity index is 373. The fourth-order valence-electron chi connectivity index (χ4n) is 1.25. The van der Waals surface area contributed by atoms with Crippen LogP contribution in [0.25, 0.3) is 0 Å². The van der Waals surface area contributed by atoms with E-state index in [2.05, 4.69) is 5.32 Å². The van der Waals surface area contributed by atoms with E-state index in [0.29, 0.717) is 13.0 Å². The van der Waals surface area contributed by atoms with E-state index >= 15 is 0 Å². The molecule has 1 amide bonds. The summed E-state index contributed by atoms with van der Waals surface area (Å²) in [6, 6.07) is 3.99. The highest BCUT2D eigenvalue weighted by Gasteiger charge is 2.04. The quantitative estimate of drug-likeness (QED) is 0.799. The number of hydrogen-bond donors (Lipinski definition) is 2. The summed E-state index contributed by atoms with van der Waals surface area (Å²) in [4.78, 5) is 23.9. The predicted octanol–water partition coefficient (Wildman–Crippen LogP) is 1.93. The maximum absolute atomic E-state index is 11.3. The summed E-state index contributed by atoms with van der Waals surface area (Å²) in [5.41, 5.74) is 0. The first-order chi connectivity index (χ1) is 7.58. The first-order valence-electron chi connectivity index (χ1n) is 5.12. The molecular formula is C11H15NO3S. The Morgan fingerprint density at radius 2 is 2.12 bits per heavy atom. The zero-order valence-electron chi connectivity index (χ0n) is 9.16. The Kier molecular flexibility index (Phi) is 4.98. The van der Waals surface area contributed by atoms with Gasteiger partial charge in [-0.3, -0.25) is 9.59 Å². The van der Waals surface area contributed by atoms with Crippen LogP contribution in [0.3, 0.4) is 0 Å². The molecule has 1 aromatic heterocycles. The van der Waals surface area contributed by atoms with Crippen molar-refractivity contribution in [1.82, 2.24) is 5.32 Å². The molecule has 0 saturated heterocycles. The Morgan fingerprint density at radius 1 is 1.38 bits per heavy atom. The number of carbonyl (C=O) groups is 2. The summed E-state index contributed by atoms with van der Waals surface area (Å²) in [5, 5.41) is 11.2. The predicted molar refractivity (Wildman–Crippen MR) is 62.4 cm³/mol. The van der Waals surface area contributed by atoms with Crippen LogP contribution in [0.2, 0.25) is 0 Å². The van der Waals surface area contributed by atoms with E-state index in [4.69, 9.17) is 5.11 Å². The number of nitrogens with one attached hydrogen (secondary N) is 1. The van der Waals surface area contributed by atoms with Crippen molar-refractivity contribution in [3.05, 3.63) is 21.9 Å². The van der Waals surface area contributed by atoms with Crippen molar-refractivity contribution < 1.29 is 14.7 Å². The lowest BCUT2D eigenvalue weighted by Gasteiger charge is -2.02. The number of amides is 1. The summed E-state index contributed by atoms with van der Waals surface area (Å²) >= 11 is 1.65. The molecule has 1 heterocycles. The number of aryl methyl sites for hydroxylation is 1. The van der Waals surface area contributed by atoms with Crippen LogP contribution >= 0.6 is 11.3 Å². The first kappa shape index (κ1) is 12.7. The molecule has 4 nitrogen and oxygen atoms in total. The topological polar surface area (TPSA) is 66.4 Å². The third-order valence-electron chi connectivity index (χ3n) is 2.05. The SMILES string of the molecule is Cc1ccc(CNC(=O)CCCC(=O)O)s1. The Labute approximate surface area is 98.3 Å². The number of carbonyl (C=O) groups excluding carboxylic acids is 1. The second kappa shape index (κ2) is 6.27. The van der Waals surface area contributed by atoms with Crippen molar-refractivity contribution in [1.29, 1.82) is 0 Å². The highest BCUT2D eigenvalue weighted by molar-refractivity contribution is 7.11. The van der Waals surface area contributed by atoms with Gasteiger partial charge in [0.05, 0.1) is 6.54 Å². The first-order valence-corrected chi connectivity index (χ1v) is 5.93. The Balaban J connectivity index is 2.17. The highest BCUT2D eigenvalue weighted by Crippen LogP contribution is 2.14. The summed E-state index contributed by atoms with van der Waals surface area (Å²) in [6.07, 6.45) is 0.715. The Hall–Kier alpha value is -1.36. The van der Waals surface area contributed by atoms with Gasteiger partial charge in [0.2, 0.25) is 5.91 Å². The van der Waals surface area contributed by atoms with Crippen LogP contribution in [0.15, 0.2) is 12.1 Å². The largest absolute Gasteiger partial charge is 0.481 e. The van der Waals surface area contributed by atoms with E-state index in [9.17, 15) is 9.59 Å². The van der Waals surface area contributed by atoms with Crippen molar-refractivity contribution in [2.75, 3.05) is 0 Å². The average molecular weight is 241 g/mol. The number of thiophene rings is 1. The zero-order chi connectivity index (χ0) is 12.0. The summed E-state index contributed by atoms with van der Waals surface area (Å²) < 4.78 is 0. The molecule has 16 heavy (non-hydrogen) atoms. The fourth-order valence-corrected chi connectivity index (χ4v) is 2.08. The molecule has 0 fully saturated rings. The van der Waals surface area contributed by atoms with Gasteiger partial charge in [0.15, 0.2) is 0 Å². The molecule has 0 aliphatic carbocycles. The van der Waals surface area contributed by atoms with E-state index in [1.165, 1.54) is 4.88 Å². The Morgan fingerprint density at radius 3 is 2.69 bits per heavy atom. The van der Waals surface area contributed by atoms with Crippen molar-refractivity contribution >= 4 is 23.2 Å². The lowest BCUT2D eigenvalue weighted by Crippen LogP contribution is -2.22. The van der Waals surface area contributed by atoms with E-state index in [0.717, 1.165) is 4.88 Å². The number of aliphatic carboxylic acids is 1. The molecule has 0 aliphatic rings. The van der Waals surface area contributed by atoms with E-state index in [1.807, 2.05) is 19.1 Å². The second-order valence-electron chi connectivity index (χ2n) is 3.54. The van der Waals surface area contributed by atoms with Crippen LogP contribution in [0.1, 0.15) is 29.0 Å². The number of rotatable bonds is 6. The van der Waals surface area contributed by atoms with Gasteiger partial charge in [0, 0.05) is 22.6 Å². The molecule has 5 heteroatoms. The normalized spacial score (nSPS) is 10.1. The molecule has 0 radical (unpaired) electrons. The van der Waals surface area contributed by atoms with Crippen LogP contribution in [-0.2, 0) is 16.1 Å².